The van der Waals surface area contributed by atoms with E-state index in [1.54, 1.807) is 65.7 Å². The smallest absolute Gasteiger partial charge is 0.213 e. The van der Waals surface area contributed by atoms with E-state index in [1.807, 2.05) is 0 Å². The van der Waals surface area contributed by atoms with E-state index in [0.717, 1.165) is 0 Å². The molecule has 0 unspecified atom stereocenters. The molecule has 0 saturated carbocycles. The second-order valence-electron chi connectivity index (χ2n) is 19.4. The van der Waals surface area contributed by atoms with Gasteiger partial charge in [0.25, 0.3) is 0 Å². The summed E-state index contributed by atoms with van der Waals surface area (Å²) in [5.74, 6) is 0. The van der Waals surface area contributed by atoms with E-state index >= 15 is 0 Å². The first-order chi connectivity index (χ1) is 33.5. The fourth-order valence-corrected chi connectivity index (χ4v) is 15.8. The van der Waals surface area contributed by atoms with E-state index in [0.29, 0.717) is 0 Å². The number of aryl methyl sites for hydroxylation is 4. The summed E-state index contributed by atoms with van der Waals surface area (Å²) in [5, 5.41) is 9.51. The van der Waals surface area contributed by atoms with Crippen LogP contribution in [0.1, 0.15) is 203 Å². The summed E-state index contributed by atoms with van der Waals surface area (Å²) in [6.45, 7) is 18.6. The minimum atomic E-state index is -0.546. The van der Waals surface area contributed by atoms with Crippen molar-refractivity contribution in [3.8, 4) is 0 Å². The first-order valence-corrected chi connectivity index (χ1v) is 30.6. The zero-order valence-corrected chi connectivity index (χ0v) is 47.6. The maximum absolute atomic E-state index is 2.47. The molecule has 0 bridgehead atoms. The van der Waals surface area contributed by atoms with Gasteiger partial charge in [0, 0.05) is 0 Å². The molecule has 69 heavy (non-hydrogen) atoms. The third-order valence-corrected chi connectivity index (χ3v) is 19.3. The molecule has 0 fully saturated rings. The van der Waals surface area contributed by atoms with Crippen molar-refractivity contribution >= 4 is 47.7 Å². The summed E-state index contributed by atoms with van der Waals surface area (Å²) in [4.78, 5) is 0. The molecule has 0 aromatic heterocycles. The van der Waals surface area contributed by atoms with Gasteiger partial charge in [0.1, 0.15) is 0 Å². The van der Waals surface area contributed by atoms with Gasteiger partial charge in [0.05, 0.1) is 0 Å². The molecule has 3 heteroatoms. The van der Waals surface area contributed by atoms with Crippen LogP contribution in [-0.2, 0) is 68.1 Å². The van der Waals surface area contributed by atoms with Gasteiger partial charge in [0.2, 0.25) is 0 Å². The Morgan fingerprint density at radius 3 is 0.725 bits per heavy atom. The molecule has 0 amide bonds. The molecule has 0 aliphatic rings. The quantitative estimate of drug-likeness (QED) is 0.0312. The van der Waals surface area contributed by atoms with Gasteiger partial charge in [-0.1, -0.05) is 180 Å². The monoisotopic (exact) mass is 1010 g/mol. The average Bonchev–Trinajstić information content (AvgIpc) is 4.11. The Labute approximate surface area is 437 Å². The van der Waals surface area contributed by atoms with Crippen LogP contribution < -0.4 is 31.8 Å². The van der Waals surface area contributed by atoms with Crippen molar-refractivity contribution in [3.05, 3.63) is 166 Å². The van der Waals surface area contributed by atoms with Gasteiger partial charge in [0.15, 0.2) is 0 Å². The summed E-state index contributed by atoms with van der Waals surface area (Å²) >= 11 is 0. The Morgan fingerprint density at radius 2 is 0.522 bits per heavy atom. The second kappa shape index (κ2) is 33.6. The molecule has 0 nitrogen and oxygen atoms in total. The van der Waals surface area contributed by atoms with E-state index in [2.05, 4.69) is 177 Å². The van der Waals surface area contributed by atoms with E-state index in [1.165, 1.54) is 165 Å². The van der Waals surface area contributed by atoms with Crippen molar-refractivity contribution in [2.24, 2.45) is 0 Å². The number of hydrogen-bond donors (Lipinski definition) is 0. The molecular formula is C66H92CoP2. The van der Waals surface area contributed by atoms with Gasteiger partial charge < -0.3 is 0 Å². The fourth-order valence-electron chi connectivity index (χ4n) is 10.1. The van der Waals surface area contributed by atoms with Gasteiger partial charge in [-0.05, 0) is 184 Å². The zero-order chi connectivity index (χ0) is 48.4. The average molecular weight is 1010 g/mol. The van der Waals surface area contributed by atoms with E-state index in [-0.39, 0.29) is 16.8 Å². The Bertz CT molecular complexity index is 1970. The Morgan fingerprint density at radius 1 is 0.290 bits per heavy atom. The predicted molar refractivity (Wildman–Crippen MR) is 310 cm³/mol. The van der Waals surface area contributed by atoms with Gasteiger partial charge >= 0.3 is 16.8 Å². The first-order valence-electron chi connectivity index (χ1n) is 28.0. The number of benzene rings is 4. The topological polar surface area (TPSA) is 0 Å². The third kappa shape index (κ3) is 17.0. The summed E-state index contributed by atoms with van der Waals surface area (Å²) < 4.78 is 0. The van der Waals surface area contributed by atoms with Crippen LogP contribution in [0.2, 0.25) is 0 Å². The van der Waals surface area contributed by atoms with E-state index in [4.69, 9.17) is 0 Å². The molecule has 6 aromatic rings. The second-order valence-corrected chi connectivity index (χ2v) is 23.7. The molecule has 375 valence electrons. The summed E-state index contributed by atoms with van der Waals surface area (Å²) in [6.07, 6.45) is 30.0. The largest absolute Gasteiger partial charge is 2.00 e. The normalized spacial score (nSPS) is 11.3. The molecule has 0 atom stereocenters. The van der Waals surface area contributed by atoms with Crippen LogP contribution >= 0.6 is 15.8 Å². The summed E-state index contributed by atoms with van der Waals surface area (Å²) in [5.41, 5.74) is 13.0. The number of hydrogen-bond acceptors (Lipinski definition) is 0. The zero-order valence-electron chi connectivity index (χ0n) is 44.7. The molecule has 6 aromatic carbocycles. The van der Waals surface area contributed by atoms with Crippen LogP contribution in [0, 0.1) is 0 Å². The van der Waals surface area contributed by atoms with Crippen LogP contribution in [0.15, 0.2) is 121 Å². The SMILES string of the molecule is CCCCc1cccc(P(c2ccc[cH-]2)c2cccc(CCCC)c2CCCC)c1CCCC.CCCCc1cccc(P(c2ccc[cH-]2)c2cccc(CCCC)c2CCCC)c1CCCC.[Co+2]. The summed E-state index contributed by atoms with van der Waals surface area (Å²) in [6, 6.07) is 47.4. The molecular weight excluding hydrogens is 914 g/mol. The standard InChI is InChI=1S/2C33H46P.Co/c2*1-5-9-17-27-19-15-25-32(30(27)23-11-7-3)34(29-21-13-14-22-29)33-26-16-20-28(18-10-6-2)31(33)24-12-8-4;/h2*13-16,19-22,25-26H,5-12,17-18,23-24H2,1-4H3;/q2*-1;+2. The van der Waals surface area contributed by atoms with Crippen LogP contribution in [-0.4, -0.2) is 0 Å². The molecule has 0 saturated heterocycles. The Hall–Kier alpha value is -3.05. The van der Waals surface area contributed by atoms with Crippen LogP contribution in [0.3, 0.4) is 0 Å². The van der Waals surface area contributed by atoms with Crippen molar-refractivity contribution < 1.29 is 16.8 Å². The molecule has 1 radical (unpaired) electrons. The van der Waals surface area contributed by atoms with Gasteiger partial charge in [-0.2, -0.15) is 24.3 Å². The van der Waals surface area contributed by atoms with Gasteiger partial charge in [-0.3, -0.25) is 0 Å². The van der Waals surface area contributed by atoms with Crippen molar-refractivity contribution in [2.45, 2.75) is 209 Å². The molecule has 0 heterocycles. The van der Waals surface area contributed by atoms with E-state index in [9.17, 15) is 0 Å². The third-order valence-electron chi connectivity index (χ3n) is 14.1. The van der Waals surface area contributed by atoms with Crippen molar-refractivity contribution in [2.75, 3.05) is 0 Å². The van der Waals surface area contributed by atoms with Crippen LogP contribution in [0.4, 0.5) is 0 Å². The Kier molecular flexibility index (Phi) is 28.5. The molecule has 0 spiro atoms. The number of unbranched alkanes of at least 4 members (excludes halogenated alkanes) is 8. The maximum atomic E-state index is 2.47. The number of rotatable bonds is 30. The van der Waals surface area contributed by atoms with E-state index < -0.39 is 15.8 Å². The van der Waals surface area contributed by atoms with Gasteiger partial charge in [-0.15, -0.1) is 10.6 Å². The van der Waals surface area contributed by atoms with Crippen LogP contribution in [0.25, 0.3) is 0 Å². The molecule has 0 aliphatic carbocycles. The fraction of sp³-hybridized carbons (Fsp3) is 0.485. The van der Waals surface area contributed by atoms with Gasteiger partial charge in [-0.25, -0.2) is 24.3 Å². The molecule has 0 N–H and O–H groups in total. The Balaban J connectivity index is 0.000000296. The molecule has 0 aliphatic heterocycles. The minimum absolute atomic E-state index is 0. The molecule has 6 rings (SSSR count). The predicted octanol–water partition coefficient (Wildman–Crippen LogP) is 17.1. The van der Waals surface area contributed by atoms with Crippen molar-refractivity contribution in [1.29, 1.82) is 0 Å². The van der Waals surface area contributed by atoms with Crippen molar-refractivity contribution in [3.63, 3.8) is 0 Å². The minimum Gasteiger partial charge on any atom is -0.213 e. The maximum Gasteiger partial charge on any atom is 2.00 e. The van der Waals surface area contributed by atoms with Crippen LogP contribution in [0.5, 0.6) is 0 Å². The first kappa shape index (κ1) is 58.5. The van der Waals surface area contributed by atoms with Crippen molar-refractivity contribution in [1.82, 2.24) is 0 Å². The summed E-state index contributed by atoms with van der Waals surface area (Å²) in [7, 11) is -1.09.